The number of Topliss-reactive ketones (excluding diaryl/α,β-unsaturated/α-hetero) is 1. The van der Waals surface area contributed by atoms with E-state index in [0.29, 0.717) is 23.3 Å². The molecule has 0 saturated carbocycles. The lowest BCUT2D eigenvalue weighted by atomic mass is 9.99. The van der Waals surface area contributed by atoms with Crippen LogP contribution < -0.4 is 10.5 Å². The SMILES string of the molecule is COc1cc(O)c(C)cc1C(=O)[C@@H](N)CCSC. The third-order valence-electron chi connectivity index (χ3n) is 2.75. The molecule has 3 N–H and O–H groups in total. The number of aromatic hydroxyl groups is 1. The van der Waals surface area contributed by atoms with Crippen molar-refractivity contribution in [2.24, 2.45) is 5.73 Å². The molecule has 0 bridgehead atoms. The standard InChI is InChI=1S/C13H19NO3S/c1-8-6-9(12(17-2)7-11(8)15)13(16)10(14)4-5-18-3/h6-7,10,15H,4-5,14H2,1-3H3/t10-/m0/s1. The Morgan fingerprint density at radius 3 is 2.78 bits per heavy atom. The monoisotopic (exact) mass is 269 g/mol. The van der Waals surface area contributed by atoms with Crippen molar-refractivity contribution < 1.29 is 14.6 Å². The number of aryl methyl sites for hydroxylation is 1. The lowest BCUT2D eigenvalue weighted by Gasteiger charge is -2.14. The Balaban J connectivity index is 3.00. The summed E-state index contributed by atoms with van der Waals surface area (Å²) >= 11 is 1.65. The van der Waals surface area contributed by atoms with E-state index >= 15 is 0 Å². The number of rotatable bonds is 6. The molecule has 5 heteroatoms. The molecule has 1 rings (SSSR count). The van der Waals surface area contributed by atoms with E-state index < -0.39 is 6.04 Å². The molecule has 0 fully saturated rings. The Kier molecular flexibility index (Phi) is 5.50. The molecule has 0 aromatic heterocycles. The normalized spacial score (nSPS) is 12.2. The van der Waals surface area contributed by atoms with Gasteiger partial charge >= 0.3 is 0 Å². The van der Waals surface area contributed by atoms with Crippen LogP contribution in [0.15, 0.2) is 12.1 Å². The van der Waals surface area contributed by atoms with Crippen molar-refractivity contribution in [2.75, 3.05) is 19.1 Å². The summed E-state index contributed by atoms with van der Waals surface area (Å²) in [5.41, 5.74) is 6.93. The highest BCUT2D eigenvalue weighted by Crippen LogP contribution is 2.28. The maximum absolute atomic E-state index is 12.2. The van der Waals surface area contributed by atoms with Gasteiger partial charge in [0.15, 0.2) is 5.78 Å². The fourth-order valence-electron chi connectivity index (χ4n) is 1.61. The van der Waals surface area contributed by atoms with Gasteiger partial charge in [-0.3, -0.25) is 4.79 Å². The maximum Gasteiger partial charge on any atom is 0.183 e. The Labute approximate surface area is 112 Å². The van der Waals surface area contributed by atoms with Crippen LogP contribution in [0.5, 0.6) is 11.5 Å². The highest BCUT2D eigenvalue weighted by atomic mass is 32.2. The summed E-state index contributed by atoms with van der Waals surface area (Å²) in [5.74, 6) is 1.17. The molecule has 0 heterocycles. The molecule has 0 saturated heterocycles. The van der Waals surface area contributed by atoms with E-state index in [-0.39, 0.29) is 11.5 Å². The maximum atomic E-state index is 12.2. The molecule has 0 radical (unpaired) electrons. The number of methoxy groups -OCH3 is 1. The van der Waals surface area contributed by atoms with Crippen LogP contribution in [-0.4, -0.2) is 36.1 Å². The fourth-order valence-corrected chi connectivity index (χ4v) is 2.10. The van der Waals surface area contributed by atoms with Gasteiger partial charge in [-0.2, -0.15) is 11.8 Å². The highest BCUT2D eigenvalue weighted by molar-refractivity contribution is 7.98. The quantitative estimate of drug-likeness (QED) is 0.772. The number of benzene rings is 1. The lowest BCUT2D eigenvalue weighted by Crippen LogP contribution is -2.31. The summed E-state index contributed by atoms with van der Waals surface area (Å²) in [6, 6.07) is 2.54. The van der Waals surface area contributed by atoms with Crippen molar-refractivity contribution in [3.63, 3.8) is 0 Å². The molecule has 100 valence electrons. The Morgan fingerprint density at radius 1 is 1.56 bits per heavy atom. The summed E-state index contributed by atoms with van der Waals surface area (Å²) in [6.07, 6.45) is 2.60. The van der Waals surface area contributed by atoms with Gasteiger partial charge in [-0.05, 0) is 37.0 Å². The van der Waals surface area contributed by atoms with Gasteiger partial charge in [-0.15, -0.1) is 0 Å². The van der Waals surface area contributed by atoms with E-state index in [1.807, 2.05) is 6.26 Å². The molecule has 4 nitrogen and oxygen atoms in total. The minimum atomic E-state index is -0.532. The van der Waals surface area contributed by atoms with Crippen LogP contribution in [0, 0.1) is 6.92 Å². The second-order valence-corrected chi connectivity index (χ2v) is 5.08. The number of hydrogen-bond acceptors (Lipinski definition) is 5. The van der Waals surface area contributed by atoms with Gasteiger partial charge in [0, 0.05) is 6.07 Å². The average Bonchev–Trinajstić information content (AvgIpc) is 2.37. The summed E-state index contributed by atoms with van der Waals surface area (Å²) in [7, 11) is 1.47. The van der Waals surface area contributed by atoms with Gasteiger partial charge in [0.25, 0.3) is 0 Å². The number of carbonyl (C=O) groups excluding carboxylic acids is 1. The third-order valence-corrected chi connectivity index (χ3v) is 3.40. The van der Waals surface area contributed by atoms with E-state index in [1.165, 1.54) is 13.2 Å². The second-order valence-electron chi connectivity index (χ2n) is 4.09. The predicted molar refractivity (Wildman–Crippen MR) is 74.7 cm³/mol. The summed E-state index contributed by atoms with van der Waals surface area (Å²) in [6.45, 7) is 1.74. The first-order valence-electron chi connectivity index (χ1n) is 5.67. The molecule has 0 aliphatic rings. The number of nitrogens with two attached hydrogens (primary N) is 1. The van der Waals surface area contributed by atoms with Gasteiger partial charge in [0.2, 0.25) is 0 Å². The first-order valence-corrected chi connectivity index (χ1v) is 7.07. The van der Waals surface area contributed by atoms with Crippen LogP contribution in [0.3, 0.4) is 0 Å². The summed E-state index contributed by atoms with van der Waals surface area (Å²) in [5, 5.41) is 9.59. The van der Waals surface area contributed by atoms with E-state index in [2.05, 4.69) is 0 Å². The molecular weight excluding hydrogens is 250 g/mol. The third kappa shape index (κ3) is 3.40. The lowest BCUT2D eigenvalue weighted by molar-refractivity contribution is 0.0956. The molecule has 1 aromatic rings. The van der Waals surface area contributed by atoms with Crippen LogP contribution in [0.2, 0.25) is 0 Å². The number of phenols is 1. The zero-order valence-corrected chi connectivity index (χ0v) is 11.7. The van der Waals surface area contributed by atoms with Crippen LogP contribution in [-0.2, 0) is 0 Å². The van der Waals surface area contributed by atoms with Crippen molar-refractivity contribution in [2.45, 2.75) is 19.4 Å². The first kappa shape index (κ1) is 14.9. The predicted octanol–water partition coefficient (Wildman–Crippen LogP) is 1.97. The van der Waals surface area contributed by atoms with Crippen LogP contribution >= 0.6 is 11.8 Å². The fraction of sp³-hybridized carbons (Fsp3) is 0.462. The van der Waals surface area contributed by atoms with Gasteiger partial charge in [0.1, 0.15) is 11.5 Å². The first-order chi connectivity index (χ1) is 8.51. The largest absolute Gasteiger partial charge is 0.508 e. The van der Waals surface area contributed by atoms with Crippen molar-refractivity contribution in [3.8, 4) is 11.5 Å². The Bertz CT molecular complexity index is 434. The minimum Gasteiger partial charge on any atom is -0.508 e. The zero-order chi connectivity index (χ0) is 13.7. The van der Waals surface area contributed by atoms with E-state index in [4.69, 9.17) is 10.5 Å². The second kappa shape index (κ2) is 6.66. The summed E-state index contributed by atoms with van der Waals surface area (Å²) < 4.78 is 5.12. The smallest absolute Gasteiger partial charge is 0.183 e. The molecule has 18 heavy (non-hydrogen) atoms. The number of thioether (sulfide) groups is 1. The molecule has 0 unspecified atom stereocenters. The van der Waals surface area contributed by atoms with E-state index in [1.54, 1.807) is 24.8 Å². The summed E-state index contributed by atoms with van der Waals surface area (Å²) in [4.78, 5) is 12.2. The van der Waals surface area contributed by atoms with Crippen LogP contribution in [0.25, 0.3) is 0 Å². The van der Waals surface area contributed by atoms with Gasteiger partial charge in [0.05, 0.1) is 18.7 Å². The molecule has 0 aliphatic heterocycles. The molecular formula is C13H19NO3S. The number of hydrogen-bond donors (Lipinski definition) is 2. The number of ether oxygens (including phenoxy) is 1. The van der Waals surface area contributed by atoms with Crippen molar-refractivity contribution >= 4 is 17.5 Å². The van der Waals surface area contributed by atoms with Crippen molar-refractivity contribution in [1.29, 1.82) is 0 Å². The Hall–Kier alpha value is -1.20. The molecule has 1 aromatic carbocycles. The van der Waals surface area contributed by atoms with Gasteiger partial charge in [-0.1, -0.05) is 0 Å². The average molecular weight is 269 g/mol. The number of carbonyl (C=O) groups is 1. The van der Waals surface area contributed by atoms with E-state index in [0.717, 1.165) is 5.75 Å². The van der Waals surface area contributed by atoms with Gasteiger partial charge < -0.3 is 15.6 Å². The van der Waals surface area contributed by atoms with Gasteiger partial charge in [-0.25, -0.2) is 0 Å². The van der Waals surface area contributed by atoms with E-state index in [9.17, 15) is 9.90 Å². The molecule has 0 aliphatic carbocycles. The Morgan fingerprint density at radius 2 is 2.22 bits per heavy atom. The number of phenolic OH excluding ortho intramolecular Hbond substituents is 1. The molecule has 1 atom stereocenters. The molecule has 0 spiro atoms. The minimum absolute atomic E-state index is 0.112. The van der Waals surface area contributed by atoms with Crippen LogP contribution in [0.4, 0.5) is 0 Å². The van der Waals surface area contributed by atoms with Crippen LogP contribution in [0.1, 0.15) is 22.3 Å². The van der Waals surface area contributed by atoms with Crippen molar-refractivity contribution in [1.82, 2.24) is 0 Å². The number of ketones is 1. The highest BCUT2D eigenvalue weighted by Gasteiger charge is 2.20. The van der Waals surface area contributed by atoms with Crippen molar-refractivity contribution in [3.05, 3.63) is 23.3 Å². The topological polar surface area (TPSA) is 72.5 Å². The molecule has 0 amide bonds. The zero-order valence-electron chi connectivity index (χ0n) is 10.9.